The molecule has 0 saturated heterocycles. The van der Waals surface area contributed by atoms with Crippen LogP contribution in [0.2, 0.25) is 0 Å². The molecular formula is C22H18FN3O3S3. The van der Waals surface area contributed by atoms with Gasteiger partial charge in [0, 0.05) is 22.0 Å². The molecule has 0 radical (unpaired) electrons. The fraction of sp³-hybridized carbons (Fsp3) is 0.0909. The first-order chi connectivity index (χ1) is 15.3. The number of anilines is 2. The van der Waals surface area contributed by atoms with E-state index >= 15 is 0 Å². The minimum absolute atomic E-state index is 0.0491. The lowest BCUT2D eigenvalue weighted by Gasteiger charge is -2.13. The number of nitrogens with zero attached hydrogens (tertiary/aromatic N) is 1. The molecule has 0 fully saturated rings. The minimum Gasteiger partial charge on any atom is -0.326 e. The number of carbonyl (C=O) groups is 1. The van der Waals surface area contributed by atoms with E-state index in [-0.39, 0.29) is 22.9 Å². The number of nitrogens with one attached hydrogen (secondary N) is 2. The second-order valence-electron chi connectivity index (χ2n) is 6.95. The van der Waals surface area contributed by atoms with Gasteiger partial charge in [-0.1, -0.05) is 18.2 Å². The fourth-order valence-corrected chi connectivity index (χ4v) is 5.86. The molecule has 32 heavy (non-hydrogen) atoms. The van der Waals surface area contributed by atoms with Gasteiger partial charge in [-0.15, -0.1) is 11.3 Å². The van der Waals surface area contributed by atoms with Crippen molar-refractivity contribution in [3.8, 4) is 10.6 Å². The quantitative estimate of drug-likeness (QED) is 0.370. The van der Waals surface area contributed by atoms with Crippen molar-refractivity contribution >= 4 is 50.0 Å². The first-order valence-corrected chi connectivity index (χ1v) is 12.8. The van der Waals surface area contributed by atoms with Gasteiger partial charge in [0.25, 0.3) is 10.0 Å². The zero-order valence-corrected chi connectivity index (χ0v) is 19.3. The summed E-state index contributed by atoms with van der Waals surface area (Å²) in [5.74, 6) is -0.996. The van der Waals surface area contributed by atoms with Crippen LogP contribution in [0.3, 0.4) is 0 Å². The highest BCUT2D eigenvalue weighted by Crippen LogP contribution is 2.27. The topological polar surface area (TPSA) is 88.2 Å². The average molecular weight is 488 g/mol. The number of amides is 1. The van der Waals surface area contributed by atoms with Gasteiger partial charge in [-0.25, -0.2) is 17.8 Å². The second-order valence-corrected chi connectivity index (χ2v) is 10.2. The Bertz CT molecular complexity index is 1370. The van der Waals surface area contributed by atoms with Gasteiger partial charge >= 0.3 is 0 Å². The summed E-state index contributed by atoms with van der Waals surface area (Å²) in [6.45, 7) is 1.63. The number of hydrogen-bond donors (Lipinski definition) is 2. The molecule has 164 valence electrons. The van der Waals surface area contributed by atoms with Gasteiger partial charge in [0.15, 0.2) is 0 Å². The zero-order chi connectivity index (χ0) is 22.7. The summed E-state index contributed by atoms with van der Waals surface area (Å²) in [4.78, 5) is 16.9. The van der Waals surface area contributed by atoms with Crippen LogP contribution in [0.1, 0.15) is 11.3 Å². The Morgan fingerprint density at radius 2 is 1.94 bits per heavy atom. The van der Waals surface area contributed by atoms with Crippen LogP contribution in [0, 0.1) is 12.7 Å². The molecule has 10 heteroatoms. The van der Waals surface area contributed by atoms with Gasteiger partial charge in [0.2, 0.25) is 5.91 Å². The van der Waals surface area contributed by atoms with Crippen LogP contribution in [0.25, 0.3) is 10.6 Å². The average Bonchev–Trinajstić information content (AvgIpc) is 3.43. The third-order valence-corrected chi connectivity index (χ3v) is 7.67. The normalized spacial score (nSPS) is 11.3. The summed E-state index contributed by atoms with van der Waals surface area (Å²) < 4.78 is 41.8. The third kappa shape index (κ3) is 5.04. The number of sulfonamides is 1. The highest BCUT2D eigenvalue weighted by atomic mass is 32.2. The Kier molecular flexibility index (Phi) is 6.35. The van der Waals surface area contributed by atoms with E-state index in [0.717, 1.165) is 10.6 Å². The van der Waals surface area contributed by atoms with Gasteiger partial charge in [-0.2, -0.15) is 11.3 Å². The first-order valence-electron chi connectivity index (χ1n) is 9.46. The van der Waals surface area contributed by atoms with Gasteiger partial charge in [-0.3, -0.25) is 9.52 Å². The van der Waals surface area contributed by atoms with Crippen molar-refractivity contribution < 1.29 is 17.6 Å². The number of hydrogen-bond acceptors (Lipinski definition) is 6. The van der Waals surface area contributed by atoms with Crippen LogP contribution in [0.15, 0.2) is 69.6 Å². The SMILES string of the molecule is Cc1ccc(NC(=O)Cc2csc(-c3ccsc3)n2)cc1S(=O)(=O)Nc1ccccc1F. The van der Waals surface area contributed by atoms with Gasteiger partial charge in [0.05, 0.1) is 22.7 Å². The van der Waals surface area contributed by atoms with E-state index in [1.54, 1.807) is 30.4 Å². The van der Waals surface area contributed by atoms with Crippen molar-refractivity contribution in [1.82, 2.24) is 4.98 Å². The summed E-state index contributed by atoms with van der Waals surface area (Å²) in [6, 6.07) is 12.0. The Labute approximate surface area is 192 Å². The maximum Gasteiger partial charge on any atom is 0.262 e. The number of aromatic nitrogens is 1. The van der Waals surface area contributed by atoms with Crippen LogP contribution in [0.4, 0.5) is 15.8 Å². The summed E-state index contributed by atoms with van der Waals surface area (Å²) in [5.41, 5.74) is 2.29. The summed E-state index contributed by atoms with van der Waals surface area (Å²) in [7, 11) is -4.06. The summed E-state index contributed by atoms with van der Waals surface area (Å²) >= 11 is 3.04. The molecule has 0 saturated carbocycles. The molecule has 4 aromatic rings. The van der Waals surface area contributed by atoms with Crippen molar-refractivity contribution in [3.63, 3.8) is 0 Å². The van der Waals surface area contributed by atoms with Crippen LogP contribution in [0.5, 0.6) is 0 Å². The molecule has 2 aromatic heterocycles. The molecule has 0 aliphatic heterocycles. The first kappa shape index (κ1) is 22.1. The van der Waals surface area contributed by atoms with E-state index in [1.807, 2.05) is 22.2 Å². The molecule has 2 aromatic carbocycles. The van der Waals surface area contributed by atoms with E-state index in [1.165, 1.54) is 41.7 Å². The maximum atomic E-state index is 13.9. The molecule has 0 atom stereocenters. The highest BCUT2D eigenvalue weighted by Gasteiger charge is 2.20. The molecule has 0 aliphatic rings. The standard InChI is InChI=1S/C22H18FN3O3S3/c1-14-6-7-16(10-20(14)32(28,29)26-19-5-3-2-4-18(19)23)24-21(27)11-17-13-31-22(25-17)15-8-9-30-12-15/h2-10,12-13,26H,11H2,1H3,(H,24,27). The maximum absolute atomic E-state index is 13.9. The monoisotopic (exact) mass is 487 g/mol. The lowest BCUT2D eigenvalue weighted by atomic mass is 10.2. The Balaban J connectivity index is 1.49. The number of thiophene rings is 1. The number of rotatable bonds is 7. The highest BCUT2D eigenvalue weighted by molar-refractivity contribution is 7.92. The van der Waals surface area contributed by atoms with Gasteiger partial charge in [0.1, 0.15) is 10.8 Å². The van der Waals surface area contributed by atoms with Crippen molar-refractivity contribution in [1.29, 1.82) is 0 Å². The number of benzene rings is 2. The Morgan fingerprint density at radius 1 is 1.12 bits per heavy atom. The lowest BCUT2D eigenvalue weighted by molar-refractivity contribution is -0.115. The molecule has 0 bridgehead atoms. The van der Waals surface area contributed by atoms with E-state index in [2.05, 4.69) is 15.0 Å². The van der Waals surface area contributed by atoms with Crippen LogP contribution in [-0.4, -0.2) is 19.3 Å². The number of carbonyl (C=O) groups excluding carboxylic acids is 1. The number of aryl methyl sites for hydroxylation is 1. The molecule has 0 aliphatic carbocycles. The van der Waals surface area contributed by atoms with E-state index in [4.69, 9.17) is 0 Å². The van der Waals surface area contributed by atoms with Crippen molar-refractivity contribution in [2.45, 2.75) is 18.2 Å². The lowest BCUT2D eigenvalue weighted by Crippen LogP contribution is -2.17. The van der Waals surface area contributed by atoms with Crippen LogP contribution < -0.4 is 10.0 Å². The fourth-order valence-electron chi connectivity index (χ4n) is 2.99. The molecule has 2 N–H and O–H groups in total. The predicted octanol–water partition coefficient (Wildman–Crippen LogP) is 5.30. The van der Waals surface area contributed by atoms with E-state index in [0.29, 0.717) is 16.9 Å². The third-order valence-electron chi connectivity index (χ3n) is 4.54. The molecule has 0 spiro atoms. The molecule has 1 amide bonds. The Morgan fingerprint density at radius 3 is 2.69 bits per heavy atom. The molecule has 6 nitrogen and oxygen atoms in total. The smallest absolute Gasteiger partial charge is 0.262 e. The van der Waals surface area contributed by atoms with Crippen molar-refractivity contribution in [2.24, 2.45) is 0 Å². The van der Waals surface area contributed by atoms with E-state index in [9.17, 15) is 17.6 Å². The largest absolute Gasteiger partial charge is 0.326 e. The number of halogens is 1. The van der Waals surface area contributed by atoms with Gasteiger partial charge in [-0.05, 0) is 48.2 Å². The minimum atomic E-state index is -4.06. The number of thiazole rings is 1. The molecule has 0 unspecified atom stereocenters. The predicted molar refractivity (Wildman–Crippen MR) is 126 cm³/mol. The van der Waals surface area contributed by atoms with E-state index < -0.39 is 15.8 Å². The second kappa shape index (κ2) is 9.19. The summed E-state index contributed by atoms with van der Waals surface area (Å²) in [6.07, 6.45) is 0.0596. The summed E-state index contributed by atoms with van der Waals surface area (Å²) in [5, 5.41) is 9.34. The van der Waals surface area contributed by atoms with Crippen molar-refractivity contribution in [3.05, 3.63) is 81.7 Å². The zero-order valence-electron chi connectivity index (χ0n) is 16.8. The molecule has 4 rings (SSSR count). The number of para-hydroxylation sites is 1. The van der Waals surface area contributed by atoms with Gasteiger partial charge < -0.3 is 5.32 Å². The van der Waals surface area contributed by atoms with Crippen LogP contribution in [-0.2, 0) is 21.2 Å². The Hall–Kier alpha value is -3.08. The van der Waals surface area contributed by atoms with Crippen molar-refractivity contribution in [2.75, 3.05) is 10.0 Å². The molecule has 2 heterocycles. The molecular weight excluding hydrogens is 469 g/mol. The van der Waals surface area contributed by atoms with Crippen LogP contribution >= 0.6 is 22.7 Å².